The van der Waals surface area contributed by atoms with E-state index in [1.807, 2.05) is 0 Å². The van der Waals surface area contributed by atoms with Crippen molar-refractivity contribution in [2.75, 3.05) is 5.32 Å². The second-order valence-electron chi connectivity index (χ2n) is 6.46. The maximum atomic E-state index is 6.14. The topological polar surface area (TPSA) is 12.0 Å². The predicted molar refractivity (Wildman–Crippen MR) is 89.2 cm³/mol. The SMILES string of the molecule is CC(C)(C)c1ccccc1NC1CCc2sc(Cl)cc21. The molecule has 0 amide bonds. The number of anilines is 1. The minimum absolute atomic E-state index is 0.150. The summed E-state index contributed by atoms with van der Waals surface area (Å²) < 4.78 is 0.908. The van der Waals surface area contributed by atoms with E-state index < -0.39 is 0 Å². The van der Waals surface area contributed by atoms with E-state index in [4.69, 9.17) is 11.6 Å². The Morgan fingerprint density at radius 3 is 2.75 bits per heavy atom. The molecule has 1 aliphatic rings. The summed E-state index contributed by atoms with van der Waals surface area (Å²) in [5.41, 5.74) is 4.16. The predicted octanol–water partition coefficient (Wildman–Crippen LogP) is 5.80. The Morgan fingerprint density at radius 2 is 2.00 bits per heavy atom. The van der Waals surface area contributed by atoms with Crippen molar-refractivity contribution >= 4 is 28.6 Å². The largest absolute Gasteiger partial charge is 0.378 e. The van der Waals surface area contributed by atoms with Gasteiger partial charge in [-0.25, -0.2) is 0 Å². The van der Waals surface area contributed by atoms with E-state index in [1.165, 1.54) is 21.7 Å². The summed E-state index contributed by atoms with van der Waals surface area (Å²) >= 11 is 7.87. The van der Waals surface area contributed by atoms with Crippen LogP contribution in [0.15, 0.2) is 30.3 Å². The summed E-state index contributed by atoms with van der Waals surface area (Å²) in [5.74, 6) is 0. The van der Waals surface area contributed by atoms with Gasteiger partial charge < -0.3 is 5.32 Å². The lowest BCUT2D eigenvalue weighted by atomic mass is 9.85. The third-order valence-corrected chi connectivity index (χ3v) is 5.25. The first kappa shape index (κ1) is 14.0. The molecule has 1 heterocycles. The van der Waals surface area contributed by atoms with Crippen LogP contribution < -0.4 is 5.32 Å². The average molecular weight is 306 g/mol. The molecule has 3 rings (SSSR count). The third-order valence-electron chi connectivity index (χ3n) is 3.91. The summed E-state index contributed by atoms with van der Waals surface area (Å²) in [4.78, 5) is 1.45. The highest BCUT2D eigenvalue weighted by atomic mass is 35.5. The van der Waals surface area contributed by atoms with E-state index in [9.17, 15) is 0 Å². The zero-order valence-electron chi connectivity index (χ0n) is 12.2. The lowest BCUT2D eigenvalue weighted by Gasteiger charge is -2.25. The minimum Gasteiger partial charge on any atom is -0.378 e. The maximum absolute atomic E-state index is 6.14. The van der Waals surface area contributed by atoms with Crippen molar-refractivity contribution in [3.63, 3.8) is 0 Å². The number of nitrogens with one attached hydrogen (secondary N) is 1. The molecule has 1 N–H and O–H groups in total. The molecule has 0 bridgehead atoms. The fraction of sp³-hybridized carbons (Fsp3) is 0.412. The molecule has 106 valence electrons. The van der Waals surface area contributed by atoms with Crippen molar-refractivity contribution in [2.45, 2.75) is 45.1 Å². The van der Waals surface area contributed by atoms with Crippen LogP contribution in [-0.2, 0) is 11.8 Å². The van der Waals surface area contributed by atoms with Crippen LogP contribution in [0.4, 0.5) is 5.69 Å². The first-order chi connectivity index (χ1) is 9.45. The minimum atomic E-state index is 0.150. The van der Waals surface area contributed by atoms with E-state index >= 15 is 0 Å². The molecule has 1 aliphatic carbocycles. The fourth-order valence-corrected chi connectivity index (χ4v) is 4.29. The van der Waals surface area contributed by atoms with Crippen molar-refractivity contribution in [2.24, 2.45) is 0 Å². The number of hydrogen-bond donors (Lipinski definition) is 1. The highest BCUT2D eigenvalue weighted by molar-refractivity contribution is 7.16. The lowest BCUT2D eigenvalue weighted by molar-refractivity contribution is 0.590. The molecular formula is C17H20ClNS. The number of fused-ring (bicyclic) bond motifs is 1. The zero-order chi connectivity index (χ0) is 14.3. The van der Waals surface area contributed by atoms with Gasteiger partial charge in [0, 0.05) is 10.6 Å². The summed E-state index contributed by atoms with van der Waals surface area (Å²) in [7, 11) is 0. The quantitative estimate of drug-likeness (QED) is 0.739. The van der Waals surface area contributed by atoms with Crippen LogP contribution in [-0.4, -0.2) is 0 Å². The second-order valence-corrected chi connectivity index (χ2v) is 8.23. The summed E-state index contributed by atoms with van der Waals surface area (Å²) in [6.07, 6.45) is 2.30. The smallest absolute Gasteiger partial charge is 0.0934 e. The Hall–Kier alpha value is -0.990. The molecule has 3 heteroatoms. The van der Waals surface area contributed by atoms with E-state index in [1.54, 1.807) is 11.3 Å². The van der Waals surface area contributed by atoms with Gasteiger partial charge in [0.25, 0.3) is 0 Å². The normalized spacial score (nSPS) is 18.1. The third kappa shape index (κ3) is 2.59. The molecule has 1 aromatic carbocycles. The van der Waals surface area contributed by atoms with Crippen LogP contribution in [0.5, 0.6) is 0 Å². The Morgan fingerprint density at radius 1 is 1.25 bits per heavy atom. The Labute approximate surface area is 130 Å². The zero-order valence-corrected chi connectivity index (χ0v) is 13.7. The first-order valence-electron chi connectivity index (χ1n) is 7.09. The van der Waals surface area contributed by atoms with Gasteiger partial charge in [-0.15, -0.1) is 11.3 Å². The average Bonchev–Trinajstić information content (AvgIpc) is 2.90. The maximum Gasteiger partial charge on any atom is 0.0934 e. The van der Waals surface area contributed by atoms with Crippen LogP contribution in [0, 0.1) is 0 Å². The molecule has 20 heavy (non-hydrogen) atoms. The van der Waals surface area contributed by atoms with E-state index in [0.29, 0.717) is 6.04 Å². The second kappa shape index (κ2) is 5.09. The Balaban J connectivity index is 1.90. The molecule has 1 unspecified atom stereocenters. The monoisotopic (exact) mass is 305 g/mol. The van der Waals surface area contributed by atoms with Crippen molar-refractivity contribution in [1.82, 2.24) is 0 Å². The van der Waals surface area contributed by atoms with Crippen LogP contribution in [0.25, 0.3) is 0 Å². The molecule has 0 fully saturated rings. The van der Waals surface area contributed by atoms with Crippen LogP contribution in [0.1, 0.15) is 49.2 Å². The van der Waals surface area contributed by atoms with Crippen molar-refractivity contribution < 1.29 is 0 Å². The van der Waals surface area contributed by atoms with Gasteiger partial charge in [-0.1, -0.05) is 50.6 Å². The summed E-state index contributed by atoms with van der Waals surface area (Å²) in [5, 5.41) is 3.73. The molecule has 0 saturated heterocycles. The molecule has 2 aromatic rings. The molecular weight excluding hydrogens is 286 g/mol. The first-order valence-corrected chi connectivity index (χ1v) is 8.29. The number of rotatable bonds is 2. The van der Waals surface area contributed by atoms with Crippen molar-refractivity contribution in [1.29, 1.82) is 0 Å². The molecule has 0 saturated carbocycles. The van der Waals surface area contributed by atoms with Crippen LogP contribution >= 0.6 is 22.9 Å². The van der Waals surface area contributed by atoms with Crippen LogP contribution in [0.2, 0.25) is 4.34 Å². The molecule has 0 radical (unpaired) electrons. The lowest BCUT2D eigenvalue weighted by Crippen LogP contribution is -2.16. The van der Waals surface area contributed by atoms with Crippen molar-refractivity contribution in [3.8, 4) is 0 Å². The summed E-state index contributed by atoms with van der Waals surface area (Å²) in [6.45, 7) is 6.78. The number of thiophene rings is 1. The van der Waals surface area contributed by atoms with Gasteiger partial charge in [0.15, 0.2) is 0 Å². The number of halogens is 1. The van der Waals surface area contributed by atoms with Gasteiger partial charge in [-0.05, 0) is 41.5 Å². The molecule has 1 aromatic heterocycles. The standard InChI is InChI=1S/C17H20ClNS/c1-17(2,3)12-6-4-5-7-14(12)19-13-8-9-15-11(13)10-16(18)20-15/h4-7,10,13,19H,8-9H2,1-3H3. The number of benzene rings is 1. The number of para-hydroxylation sites is 1. The van der Waals surface area contributed by atoms with Gasteiger partial charge in [0.05, 0.1) is 10.4 Å². The fourth-order valence-electron chi connectivity index (χ4n) is 2.93. The van der Waals surface area contributed by atoms with Gasteiger partial charge in [0.1, 0.15) is 0 Å². The molecule has 1 atom stereocenters. The molecule has 0 aliphatic heterocycles. The molecule has 1 nitrogen and oxygen atoms in total. The van der Waals surface area contributed by atoms with Crippen LogP contribution in [0.3, 0.4) is 0 Å². The number of aryl methyl sites for hydroxylation is 1. The van der Waals surface area contributed by atoms with Gasteiger partial charge >= 0.3 is 0 Å². The van der Waals surface area contributed by atoms with E-state index in [0.717, 1.165) is 17.2 Å². The van der Waals surface area contributed by atoms with E-state index in [2.05, 4.69) is 56.4 Å². The molecule has 0 spiro atoms. The Kier molecular flexibility index (Phi) is 3.55. The highest BCUT2D eigenvalue weighted by Gasteiger charge is 2.26. The summed E-state index contributed by atoms with van der Waals surface area (Å²) in [6, 6.07) is 11.2. The van der Waals surface area contributed by atoms with Crippen molar-refractivity contribution in [3.05, 3.63) is 50.7 Å². The van der Waals surface area contributed by atoms with Gasteiger partial charge in [0.2, 0.25) is 0 Å². The van der Waals surface area contributed by atoms with Gasteiger partial charge in [-0.3, -0.25) is 0 Å². The van der Waals surface area contributed by atoms with E-state index in [-0.39, 0.29) is 5.41 Å². The Bertz CT molecular complexity index is 624. The highest BCUT2D eigenvalue weighted by Crippen LogP contribution is 2.42. The van der Waals surface area contributed by atoms with Gasteiger partial charge in [-0.2, -0.15) is 0 Å². The number of hydrogen-bond acceptors (Lipinski definition) is 2.